The lowest BCUT2D eigenvalue weighted by molar-refractivity contribution is 0.471. The maximum Gasteiger partial charge on any atom is 0.129 e. The van der Waals surface area contributed by atoms with Gasteiger partial charge >= 0.3 is 0 Å². The predicted molar refractivity (Wildman–Crippen MR) is 62.9 cm³/mol. The Morgan fingerprint density at radius 2 is 2.25 bits per heavy atom. The summed E-state index contributed by atoms with van der Waals surface area (Å²) in [5.74, 6) is 0.304. The van der Waals surface area contributed by atoms with Gasteiger partial charge in [-0.2, -0.15) is 0 Å². The summed E-state index contributed by atoms with van der Waals surface area (Å²) in [5, 5.41) is 9.25. The molecule has 1 nitrogen and oxygen atoms in total. The smallest absolute Gasteiger partial charge is 0.129 e. The van der Waals surface area contributed by atoms with Gasteiger partial charge in [-0.1, -0.05) is 35.6 Å². The van der Waals surface area contributed by atoms with E-state index in [0.29, 0.717) is 9.67 Å². The van der Waals surface area contributed by atoms with Gasteiger partial charge in [-0.15, -0.1) is 0 Å². The molecule has 0 aromatic heterocycles. The third-order valence-corrected chi connectivity index (χ3v) is 3.93. The van der Waals surface area contributed by atoms with Crippen molar-refractivity contribution in [2.45, 2.75) is 17.3 Å². The minimum atomic E-state index is 0.304. The van der Waals surface area contributed by atoms with E-state index in [9.17, 15) is 5.11 Å². The van der Waals surface area contributed by atoms with Gasteiger partial charge in [-0.05, 0) is 40.0 Å². The van der Waals surface area contributed by atoms with Crippen molar-refractivity contribution >= 4 is 38.5 Å². The second-order valence-electron chi connectivity index (χ2n) is 2.59. The molecule has 66 valence electrons. The van der Waals surface area contributed by atoms with Crippen LogP contribution in [-0.2, 0) is 0 Å². The normalized spacial score (nSPS) is 12.9. The molecule has 0 radical (unpaired) electrons. The van der Waals surface area contributed by atoms with Crippen molar-refractivity contribution in [3.8, 4) is 5.75 Å². The first-order chi connectivity index (χ1) is 5.65. The van der Waals surface area contributed by atoms with Gasteiger partial charge in [0, 0.05) is 3.92 Å². The van der Waals surface area contributed by atoms with Gasteiger partial charge in [-0.25, -0.2) is 0 Å². The van der Waals surface area contributed by atoms with Crippen molar-refractivity contribution in [3.63, 3.8) is 0 Å². The van der Waals surface area contributed by atoms with Gasteiger partial charge in [0.15, 0.2) is 0 Å². The highest BCUT2D eigenvalue weighted by atomic mass is 127. The van der Waals surface area contributed by atoms with Gasteiger partial charge in [-0.3, -0.25) is 0 Å². The Morgan fingerprint density at radius 1 is 1.58 bits per heavy atom. The Bertz CT molecular complexity index is 275. The van der Waals surface area contributed by atoms with Crippen molar-refractivity contribution in [1.29, 1.82) is 0 Å². The molecular formula is C9H10BrIO. The largest absolute Gasteiger partial charge is 0.507 e. The maximum atomic E-state index is 9.25. The third kappa shape index (κ3) is 2.36. The van der Waals surface area contributed by atoms with E-state index in [1.54, 1.807) is 6.07 Å². The highest BCUT2D eigenvalue weighted by Gasteiger charge is 2.06. The lowest BCUT2D eigenvalue weighted by Crippen LogP contribution is -1.86. The van der Waals surface area contributed by atoms with Gasteiger partial charge in [0.2, 0.25) is 0 Å². The van der Waals surface area contributed by atoms with E-state index < -0.39 is 0 Å². The molecule has 1 aromatic rings. The molecule has 0 saturated heterocycles. The van der Waals surface area contributed by atoms with Crippen molar-refractivity contribution < 1.29 is 5.11 Å². The van der Waals surface area contributed by atoms with Crippen molar-refractivity contribution in [1.82, 2.24) is 0 Å². The van der Waals surface area contributed by atoms with Crippen LogP contribution >= 0.6 is 38.5 Å². The summed E-state index contributed by atoms with van der Waals surface area (Å²) < 4.78 is 1.30. The molecule has 1 unspecified atom stereocenters. The zero-order chi connectivity index (χ0) is 9.14. The molecule has 3 heteroatoms. The SMILES string of the molecule is CCC(I)c1ccc(O)c(Br)c1. The number of halogens is 2. The van der Waals surface area contributed by atoms with Crippen molar-refractivity contribution in [3.05, 3.63) is 28.2 Å². The van der Waals surface area contributed by atoms with E-state index >= 15 is 0 Å². The fraction of sp³-hybridized carbons (Fsp3) is 0.333. The molecule has 1 rings (SSSR count). The monoisotopic (exact) mass is 340 g/mol. The number of phenols is 1. The fourth-order valence-corrected chi connectivity index (χ4v) is 1.74. The molecule has 0 heterocycles. The van der Waals surface area contributed by atoms with Crippen LogP contribution < -0.4 is 0 Å². The van der Waals surface area contributed by atoms with Crippen LogP contribution in [-0.4, -0.2) is 5.11 Å². The summed E-state index contributed by atoms with van der Waals surface area (Å²) in [6.45, 7) is 2.15. The molecule has 0 bridgehead atoms. The van der Waals surface area contributed by atoms with Gasteiger partial charge in [0.1, 0.15) is 5.75 Å². The van der Waals surface area contributed by atoms with Crippen LogP contribution in [0, 0.1) is 0 Å². The number of alkyl halides is 1. The Balaban J connectivity index is 2.96. The number of benzene rings is 1. The number of phenolic OH excluding ortho intramolecular Hbond substituents is 1. The van der Waals surface area contributed by atoms with E-state index in [1.165, 1.54) is 5.56 Å². The lowest BCUT2D eigenvalue weighted by Gasteiger charge is -2.07. The summed E-state index contributed by atoms with van der Waals surface area (Å²) in [6, 6.07) is 5.65. The Hall–Kier alpha value is 0.230. The van der Waals surface area contributed by atoms with Crippen LogP contribution in [0.1, 0.15) is 22.8 Å². The van der Waals surface area contributed by atoms with Crippen LogP contribution in [0.3, 0.4) is 0 Å². The molecule has 0 saturated carbocycles. The quantitative estimate of drug-likeness (QED) is 0.636. The topological polar surface area (TPSA) is 20.2 Å². The summed E-state index contributed by atoms with van der Waals surface area (Å²) in [4.78, 5) is 0. The predicted octanol–water partition coefficient (Wildman–Crippen LogP) is 4.04. The van der Waals surface area contributed by atoms with Crippen molar-refractivity contribution in [2.75, 3.05) is 0 Å². The molecule has 12 heavy (non-hydrogen) atoms. The summed E-state index contributed by atoms with van der Waals surface area (Å²) in [6.07, 6.45) is 1.11. The van der Waals surface area contributed by atoms with Gasteiger partial charge in [0.05, 0.1) is 4.47 Å². The van der Waals surface area contributed by atoms with Gasteiger partial charge < -0.3 is 5.11 Å². The second-order valence-corrected chi connectivity index (χ2v) is 4.94. The molecule has 0 aliphatic rings. The van der Waals surface area contributed by atoms with Crippen LogP contribution in [0.15, 0.2) is 22.7 Å². The molecule has 0 spiro atoms. The van der Waals surface area contributed by atoms with Gasteiger partial charge in [0.25, 0.3) is 0 Å². The Kier molecular flexibility index (Phi) is 3.83. The maximum absolute atomic E-state index is 9.25. The standard InChI is InChI=1S/C9H10BrIO/c1-2-8(11)6-3-4-9(12)7(10)5-6/h3-5,8,12H,2H2,1H3. The first-order valence-electron chi connectivity index (χ1n) is 3.77. The van der Waals surface area contributed by atoms with Crippen LogP contribution in [0.2, 0.25) is 0 Å². The molecule has 0 aliphatic carbocycles. The zero-order valence-corrected chi connectivity index (χ0v) is 10.5. The fourth-order valence-electron chi connectivity index (χ4n) is 0.954. The van der Waals surface area contributed by atoms with Crippen LogP contribution in [0.5, 0.6) is 5.75 Å². The van der Waals surface area contributed by atoms with Crippen molar-refractivity contribution in [2.24, 2.45) is 0 Å². The highest BCUT2D eigenvalue weighted by Crippen LogP contribution is 2.32. The van der Waals surface area contributed by atoms with Crippen LogP contribution in [0.4, 0.5) is 0 Å². The summed E-state index contributed by atoms with van der Waals surface area (Å²) in [5.41, 5.74) is 1.25. The van der Waals surface area contributed by atoms with Crippen LogP contribution in [0.25, 0.3) is 0 Å². The van der Waals surface area contributed by atoms with E-state index in [0.717, 1.165) is 10.9 Å². The molecule has 0 fully saturated rings. The Morgan fingerprint density at radius 3 is 2.75 bits per heavy atom. The summed E-state index contributed by atoms with van der Waals surface area (Å²) in [7, 11) is 0. The number of aromatic hydroxyl groups is 1. The van der Waals surface area contributed by atoms with E-state index in [1.807, 2.05) is 12.1 Å². The third-order valence-electron chi connectivity index (χ3n) is 1.69. The molecule has 1 aromatic carbocycles. The summed E-state index contributed by atoms with van der Waals surface area (Å²) >= 11 is 5.69. The molecule has 1 N–H and O–H groups in total. The average molecular weight is 341 g/mol. The second kappa shape index (κ2) is 4.46. The van der Waals surface area contributed by atoms with E-state index in [4.69, 9.17) is 0 Å². The molecule has 0 amide bonds. The van der Waals surface area contributed by atoms with E-state index in [-0.39, 0.29) is 0 Å². The molecular weight excluding hydrogens is 331 g/mol. The molecule has 0 aliphatic heterocycles. The zero-order valence-electron chi connectivity index (χ0n) is 6.72. The average Bonchev–Trinajstić information content (AvgIpc) is 2.08. The number of hydrogen-bond donors (Lipinski definition) is 1. The first kappa shape index (κ1) is 10.3. The molecule has 1 atom stereocenters. The first-order valence-corrected chi connectivity index (χ1v) is 5.81. The minimum absolute atomic E-state index is 0.304. The number of hydrogen-bond acceptors (Lipinski definition) is 1. The lowest BCUT2D eigenvalue weighted by atomic mass is 10.1. The number of rotatable bonds is 2. The Labute approximate surface area is 94.4 Å². The highest BCUT2D eigenvalue weighted by molar-refractivity contribution is 14.1. The van der Waals surface area contributed by atoms with E-state index in [2.05, 4.69) is 45.4 Å². The minimum Gasteiger partial charge on any atom is -0.507 e.